The zero-order valence-electron chi connectivity index (χ0n) is 26.8. The molecule has 0 aliphatic rings. The van der Waals surface area contributed by atoms with E-state index < -0.39 is 23.1 Å². The Morgan fingerprint density at radius 2 is 1.00 bits per heavy atom. The van der Waals surface area contributed by atoms with E-state index in [1.807, 2.05) is 41.5 Å². The number of hydrogen-bond acceptors (Lipinski definition) is 8. The first-order valence-corrected chi connectivity index (χ1v) is 14.1. The largest absolute Gasteiger partial charge is 0.461 e. The van der Waals surface area contributed by atoms with Crippen molar-refractivity contribution in [3.8, 4) is 0 Å². The molecule has 0 aromatic carbocycles. The van der Waals surface area contributed by atoms with Crippen molar-refractivity contribution in [2.45, 2.75) is 145 Å². The lowest BCUT2D eigenvalue weighted by Gasteiger charge is -2.39. The summed E-state index contributed by atoms with van der Waals surface area (Å²) in [6.45, 7) is 28.0. The SMILES string of the molecule is CCC(C)(COC(C)(C)C(=O)OCC(C)OC(C)C)CC(C)(C)COC(C)(C)C(=O)OCC(C)OC(C)C. The fourth-order valence-electron chi connectivity index (χ4n) is 4.07. The van der Waals surface area contributed by atoms with Crippen LogP contribution in [-0.2, 0) is 38.0 Å². The maximum atomic E-state index is 12.7. The van der Waals surface area contributed by atoms with Crippen LogP contribution in [0.15, 0.2) is 0 Å². The molecule has 8 heteroatoms. The van der Waals surface area contributed by atoms with E-state index in [1.165, 1.54) is 0 Å². The summed E-state index contributed by atoms with van der Waals surface area (Å²) in [7, 11) is 0. The van der Waals surface area contributed by atoms with Crippen LogP contribution in [0.2, 0.25) is 0 Å². The lowest BCUT2D eigenvalue weighted by atomic mass is 9.73. The van der Waals surface area contributed by atoms with Gasteiger partial charge in [0.2, 0.25) is 0 Å². The third kappa shape index (κ3) is 14.8. The van der Waals surface area contributed by atoms with Gasteiger partial charge in [0.05, 0.1) is 37.6 Å². The summed E-state index contributed by atoms with van der Waals surface area (Å²) in [6, 6.07) is 0. The Hall–Kier alpha value is -1.22. The lowest BCUT2D eigenvalue weighted by molar-refractivity contribution is -0.179. The highest BCUT2D eigenvalue weighted by atomic mass is 16.6. The van der Waals surface area contributed by atoms with Crippen molar-refractivity contribution >= 4 is 11.9 Å². The van der Waals surface area contributed by atoms with E-state index in [0.717, 1.165) is 12.8 Å². The van der Waals surface area contributed by atoms with Crippen LogP contribution in [0, 0.1) is 10.8 Å². The Labute approximate surface area is 232 Å². The van der Waals surface area contributed by atoms with Crippen molar-refractivity contribution in [2.24, 2.45) is 10.8 Å². The first-order chi connectivity index (χ1) is 17.1. The molecule has 0 rings (SSSR count). The molecule has 0 aliphatic heterocycles. The molecule has 0 spiro atoms. The first kappa shape index (κ1) is 36.8. The van der Waals surface area contributed by atoms with Gasteiger partial charge in [-0.1, -0.05) is 27.7 Å². The van der Waals surface area contributed by atoms with Crippen LogP contribution < -0.4 is 0 Å². The summed E-state index contributed by atoms with van der Waals surface area (Å²) in [6.07, 6.45) is 1.37. The minimum atomic E-state index is -1.09. The summed E-state index contributed by atoms with van der Waals surface area (Å²) < 4.78 is 34.4. The normalized spacial score (nSPS) is 16.3. The monoisotopic (exact) mass is 546 g/mol. The number of hydrogen-bond donors (Lipinski definition) is 0. The highest BCUT2D eigenvalue weighted by molar-refractivity contribution is 5.79. The summed E-state index contributed by atoms with van der Waals surface area (Å²) in [5.74, 6) is -0.825. The van der Waals surface area contributed by atoms with Gasteiger partial charge in [0.25, 0.3) is 0 Å². The molecular formula is C30H58O8. The third-order valence-corrected chi connectivity index (χ3v) is 6.25. The van der Waals surface area contributed by atoms with Gasteiger partial charge in [-0.3, -0.25) is 0 Å². The molecule has 0 bridgehead atoms. The van der Waals surface area contributed by atoms with Crippen LogP contribution in [0.5, 0.6) is 0 Å². The van der Waals surface area contributed by atoms with Gasteiger partial charge < -0.3 is 28.4 Å². The number of carbonyl (C=O) groups excluding carboxylic acids is 2. The number of ether oxygens (including phenoxy) is 6. The predicted molar refractivity (Wildman–Crippen MR) is 150 cm³/mol. The van der Waals surface area contributed by atoms with Gasteiger partial charge in [-0.15, -0.1) is 0 Å². The van der Waals surface area contributed by atoms with Gasteiger partial charge in [0.15, 0.2) is 11.2 Å². The number of rotatable bonds is 19. The van der Waals surface area contributed by atoms with Crippen LogP contribution in [0.4, 0.5) is 0 Å². The van der Waals surface area contributed by atoms with E-state index >= 15 is 0 Å². The second-order valence-electron chi connectivity index (χ2n) is 13.3. The average molecular weight is 547 g/mol. The van der Waals surface area contributed by atoms with Crippen LogP contribution in [0.3, 0.4) is 0 Å². The van der Waals surface area contributed by atoms with Crippen molar-refractivity contribution in [2.75, 3.05) is 26.4 Å². The Morgan fingerprint density at radius 3 is 1.34 bits per heavy atom. The first-order valence-electron chi connectivity index (χ1n) is 14.1. The molecule has 0 saturated carbocycles. The fourth-order valence-corrected chi connectivity index (χ4v) is 4.07. The van der Waals surface area contributed by atoms with E-state index in [4.69, 9.17) is 28.4 Å². The molecule has 8 nitrogen and oxygen atoms in total. The Balaban J connectivity index is 4.94. The Kier molecular flexibility index (Phi) is 15.0. The fraction of sp³-hybridized carbons (Fsp3) is 0.933. The molecule has 3 unspecified atom stereocenters. The molecule has 0 radical (unpaired) electrons. The van der Waals surface area contributed by atoms with Crippen molar-refractivity contribution in [1.82, 2.24) is 0 Å². The van der Waals surface area contributed by atoms with Crippen LogP contribution in [-0.4, -0.2) is 74.0 Å². The summed E-state index contributed by atoms with van der Waals surface area (Å²) in [4.78, 5) is 25.4. The standard InChI is InChI=1S/C30H58O8/c1-15-30(14,20-36-29(12,13)26(32)34-17-24(7)38-22(4)5)18-27(8,9)19-35-28(10,11)25(31)33-16-23(6)37-21(2)3/h21-24H,15-20H2,1-14H3. The molecular weight excluding hydrogens is 488 g/mol. The van der Waals surface area contributed by atoms with Crippen molar-refractivity contribution < 1.29 is 38.0 Å². The second-order valence-corrected chi connectivity index (χ2v) is 13.3. The van der Waals surface area contributed by atoms with Gasteiger partial charge in [0.1, 0.15) is 13.2 Å². The molecule has 0 saturated heterocycles. The van der Waals surface area contributed by atoms with Gasteiger partial charge in [-0.2, -0.15) is 0 Å². The maximum absolute atomic E-state index is 12.7. The quantitative estimate of drug-likeness (QED) is 0.179. The van der Waals surface area contributed by atoms with E-state index in [1.54, 1.807) is 27.7 Å². The van der Waals surface area contributed by atoms with Gasteiger partial charge in [0, 0.05) is 0 Å². The van der Waals surface area contributed by atoms with E-state index in [2.05, 4.69) is 27.7 Å². The molecule has 0 N–H and O–H groups in total. The van der Waals surface area contributed by atoms with Crippen molar-refractivity contribution in [1.29, 1.82) is 0 Å². The molecule has 0 aliphatic carbocycles. The molecule has 0 amide bonds. The average Bonchev–Trinajstić information content (AvgIpc) is 2.77. The highest BCUT2D eigenvalue weighted by Gasteiger charge is 2.39. The summed E-state index contributed by atoms with van der Waals surface area (Å²) in [5, 5.41) is 0. The van der Waals surface area contributed by atoms with E-state index in [0.29, 0.717) is 13.2 Å². The molecule has 226 valence electrons. The highest BCUT2D eigenvalue weighted by Crippen LogP contribution is 2.38. The van der Waals surface area contributed by atoms with Crippen LogP contribution in [0.25, 0.3) is 0 Å². The van der Waals surface area contributed by atoms with E-state index in [9.17, 15) is 9.59 Å². The number of esters is 2. The zero-order chi connectivity index (χ0) is 29.9. The summed E-state index contributed by atoms with van der Waals surface area (Å²) >= 11 is 0. The minimum absolute atomic E-state index is 0.0646. The van der Waals surface area contributed by atoms with Crippen molar-refractivity contribution in [3.63, 3.8) is 0 Å². The van der Waals surface area contributed by atoms with Gasteiger partial charge >= 0.3 is 11.9 Å². The van der Waals surface area contributed by atoms with Gasteiger partial charge in [-0.05, 0) is 92.9 Å². The molecule has 38 heavy (non-hydrogen) atoms. The second kappa shape index (κ2) is 15.5. The number of carbonyl (C=O) groups is 2. The molecule has 0 heterocycles. The van der Waals surface area contributed by atoms with Crippen molar-refractivity contribution in [3.05, 3.63) is 0 Å². The van der Waals surface area contributed by atoms with Crippen LogP contribution >= 0.6 is 0 Å². The smallest absolute Gasteiger partial charge is 0.337 e. The zero-order valence-corrected chi connectivity index (χ0v) is 26.8. The molecule has 0 fully saturated rings. The summed E-state index contributed by atoms with van der Waals surface area (Å²) in [5.41, 5.74) is -2.65. The topological polar surface area (TPSA) is 89.5 Å². The Morgan fingerprint density at radius 1 is 0.632 bits per heavy atom. The molecule has 0 aromatic heterocycles. The third-order valence-electron chi connectivity index (χ3n) is 6.25. The molecule has 0 aromatic rings. The molecule has 3 atom stereocenters. The maximum Gasteiger partial charge on any atom is 0.337 e. The Bertz CT molecular complexity index is 713. The van der Waals surface area contributed by atoms with E-state index in [-0.39, 0.29) is 48.5 Å². The minimum Gasteiger partial charge on any atom is -0.461 e. The van der Waals surface area contributed by atoms with Gasteiger partial charge in [-0.25, -0.2) is 9.59 Å². The van der Waals surface area contributed by atoms with Crippen LogP contribution in [0.1, 0.15) is 110 Å². The lowest BCUT2D eigenvalue weighted by Crippen LogP contribution is -2.43. The predicted octanol–water partition coefficient (Wildman–Crippen LogP) is 6.12.